The molecule has 0 radical (unpaired) electrons. The molecule has 112 valence electrons. The monoisotopic (exact) mass is 297 g/mol. The number of methoxy groups -OCH3 is 2. The quantitative estimate of drug-likeness (QED) is 0.517. The van der Waals surface area contributed by atoms with Crippen LogP contribution in [0.1, 0.15) is 17.7 Å². The van der Waals surface area contributed by atoms with Crippen LogP contribution in [0.4, 0.5) is 0 Å². The second-order valence-corrected chi connectivity index (χ2v) is 4.97. The van der Waals surface area contributed by atoms with Crippen LogP contribution in [-0.4, -0.2) is 55.4 Å². The highest BCUT2D eigenvalue weighted by Gasteiger charge is 2.07. The number of pyridine rings is 1. The van der Waals surface area contributed by atoms with Crippen LogP contribution in [0.3, 0.4) is 0 Å². The van der Waals surface area contributed by atoms with Gasteiger partial charge in [0, 0.05) is 46.7 Å². The van der Waals surface area contributed by atoms with Crippen LogP contribution in [-0.2, 0) is 16.0 Å². The molecule has 5 nitrogen and oxygen atoms in total. The minimum atomic E-state index is 0.328. The Balaban J connectivity index is 2.62. The van der Waals surface area contributed by atoms with Crippen molar-refractivity contribution in [2.45, 2.75) is 13.0 Å². The van der Waals surface area contributed by atoms with Gasteiger partial charge in [-0.25, -0.2) is 0 Å². The fourth-order valence-corrected chi connectivity index (χ4v) is 2.00. The smallest absolute Gasteiger partial charge is 0.122 e. The van der Waals surface area contributed by atoms with Gasteiger partial charge in [0.1, 0.15) is 4.99 Å². The highest BCUT2D eigenvalue weighted by molar-refractivity contribution is 7.80. The van der Waals surface area contributed by atoms with Crippen molar-refractivity contribution in [3.8, 4) is 0 Å². The van der Waals surface area contributed by atoms with E-state index in [4.69, 9.17) is 27.4 Å². The number of nitrogens with zero attached hydrogens (tertiary/aromatic N) is 2. The van der Waals surface area contributed by atoms with Gasteiger partial charge in [0.15, 0.2) is 0 Å². The maximum atomic E-state index is 5.61. The molecule has 0 spiro atoms. The van der Waals surface area contributed by atoms with Gasteiger partial charge in [-0.3, -0.25) is 9.88 Å². The first-order valence-electron chi connectivity index (χ1n) is 6.62. The fraction of sp³-hybridized carbons (Fsp3) is 0.571. The van der Waals surface area contributed by atoms with Crippen molar-refractivity contribution < 1.29 is 9.47 Å². The highest BCUT2D eigenvalue weighted by Crippen LogP contribution is 2.07. The van der Waals surface area contributed by atoms with E-state index in [0.717, 1.165) is 38.2 Å². The zero-order valence-electron chi connectivity index (χ0n) is 12.2. The van der Waals surface area contributed by atoms with Crippen molar-refractivity contribution in [3.05, 3.63) is 29.6 Å². The molecule has 0 saturated heterocycles. The molecule has 0 amide bonds. The predicted molar refractivity (Wildman–Crippen MR) is 83.8 cm³/mol. The standard InChI is InChI=1S/C14H23N3O2S/c1-18-8-3-6-17(7-9-19-2)11-12-4-5-16-13(10-12)14(15)20/h4-5,10H,3,6-9,11H2,1-2H3,(H2,15,20). The minimum Gasteiger partial charge on any atom is -0.388 e. The van der Waals surface area contributed by atoms with Gasteiger partial charge < -0.3 is 15.2 Å². The Labute approximate surface area is 126 Å². The summed E-state index contributed by atoms with van der Waals surface area (Å²) in [5, 5.41) is 0. The molecule has 0 bridgehead atoms. The summed E-state index contributed by atoms with van der Waals surface area (Å²) in [6.45, 7) is 4.14. The molecule has 1 aromatic heterocycles. The van der Waals surface area contributed by atoms with E-state index in [-0.39, 0.29) is 0 Å². The first-order chi connectivity index (χ1) is 9.67. The maximum Gasteiger partial charge on any atom is 0.122 e. The van der Waals surface area contributed by atoms with E-state index >= 15 is 0 Å². The van der Waals surface area contributed by atoms with Crippen LogP contribution < -0.4 is 5.73 Å². The van der Waals surface area contributed by atoms with Crippen LogP contribution in [0.5, 0.6) is 0 Å². The first-order valence-corrected chi connectivity index (χ1v) is 7.03. The predicted octanol–water partition coefficient (Wildman–Crippen LogP) is 1.20. The fourth-order valence-electron chi connectivity index (χ4n) is 1.89. The second-order valence-electron chi connectivity index (χ2n) is 4.53. The van der Waals surface area contributed by atoms with E-state index < -0.39 is 0 Å². The van der Waals surface area contributed by atoms with Crippen LogP contribution >= 0.6 is 12.2 Å². The topological polar surface area (TPSA) is 60.6 Å². The summed E-state index contributed by atoms with van der Waals surface area (Å²) in [6.07, 6.45) is 2.74. The zero-order valence-corrected chi connectivity index (χ0v) is 13.0. The summed E-state index contributed by atoms with van der Waals surface area (Å²) < 4.78 is 10.2. The average Bonchev–Trinajstić information content (AvgIpc) is 2.45. The Morgan fingerprint density at radius 3 is 2.70 bits per heavy atom. The summed E-state index contributed by atoms with van der Waals surface area (Å²) in [4.78, 5) is 6.80. The number of rotatable bonds is 10. The Bertz CT molecular complexity index is 415. The van der Waals surface area contributed by atoms with E-state index in [1.165, 1.54) is 0 Å². The van der Waals surface area contributed by atoms with Gasteiger partial charge in [-0.15, -0.1) is 0 Å². The summed E-state index contributed by atoms with van der Waals surface area (Å²) in [5.74, 6) is 0. The molecule has 0 aliphatic rings. The van der Waals surface area contributed by atoms with E-state index in [0.29, 0.717) is 17.3 Å². The van der Waals surface area contributed by atoms with Gasteiger partial charge in [0.05, 0.1) is 12.3 Å². The van der Waals surface area contributed by atoms with E-state index in [1.54, 1.807) is 20.4 Å². The van der Waals surface area contributed by atoms with Gasteiger partial charge in [0.2, 0.25) is 0 Å². The lowest BCUT2D eigenvalue weighted by Gasteiger charge is -2.22. The summed E-state index contributed by atoms with van der Waals surface area (Å²) >= 11 is 4.96. The Kier molecular flexibility index (Phi) is 8.29. The number of hydrogen-bond donors (Lipinski definition) is 1. The molecule has 0 aliphatic carbocycles. The van der Waals surface area contributed by atoms with Crippen molar-refractivity contribution in [1.29, 1.82) is 0 Å². The Morgan fingerprint density at radius 1 is 1.30 bits per heavy atom. The summed E-state index contributed by atoms with van der Waals surface area (Å²) in [7, 11) is 3.43. The van der Waals surface area contributed by atoms with Crippen molar-refractivity contribution in [2.75, 3.05) is 40.5 Å². The molecule has 0 aromatic carbocycles. The van der Waals surface area contributed by atoms with Crippen molar-refractivity contribution >= 4 is 17.2 Å². The Hall–Kier alpha value is -1.08. The molecule has 0 atom stereocenters. The lowest BCUT2D eigenvalue weighted by atomic mass is 10.2. The molecule has 6 heteroatoms. The minimum absolute atomic E-state index is 0.328. The third kappa shape index (κ3) is 6.38. The van der Waals surface area contributed by atoms with E-state index in [9.17, 15) is 0 Å². The number of hydrogen-bond acceptors (Lipinski definition) is 5. The van der Waals surface area contributed by atoms with Crippen LogP contribution in [0, 0.1) is 0 Å². The van der Waals surface area contributed by atoms with Gasteiger partial charge in [-0.05, 0) is 24.1 Å². The molecular formula is C14H23N3O2S. The summed E-state index contributed by atoms with van der Waals surface area (Å²) in [5.41, 5.74) is 7.43. The van der Waals surface area contributed by atoms with Gasteiger partial charge in [0.25, 0.3) is 0 Å². The van der Waals surface area contributed by atoms with Crippen molar-refractivity contribution in [3.63, 3.8) is 0 Å². The molecule has 0 unspecified atom stereocenters. The third-order valence-electron chi connectivity index (χ3n) is 2.92. The molecule has 1 rings (SSSR count). The van der Waals surface area contributed by atoms with Crippen LogP contribution in [0.15, 0.2) is 18.3 Å². The average molecular weight is 297 g/mol. The molecule has 0 fully saturated rings. The number of nitrogens with two attached hydrogens (primary N) is 1. The van der Waals surface area contributed by atoms with E-state index in [2.05, 4.69) is 9.88 Å². The zero-order chi connectivity index (χ0) is 14.8. The lowest BCUT2D eigenvalue weighted by Crippen LogP contribution is -2.29. The molecule has 1 heterocycles. The van der Waals surface area contributed by atoms with Crippen LogP contribution in [0.2, 0.25) is 0 Å². The highest BCUT2D eigenvalue weighted by atomic mass is 32.1. The molecule has 0 aliphatic heterocycles. The first kappa shape index (κ1) is 17.0. The van der Waals surface area contributed by atoms with Gasteiger partial charge in [-0.1, -0.05) is 12.2 Å². The molecule has 0 saturated carbocycles. The maximum absolute atomic E-state index is 5.61. The van der Waals surface area contributed by atoms with Crippen LogP contribution in [0.25, 0.3) is 0 Å². The van der Waals surface area contributed by atoms with Gasteiger partial charge in [-0.2, -0.15) is 0 Å². The van der Waals surface area contributed by atoms with Gasteiger partial charge >= 0.3 is 0 Å². The molecule has 1 aromatic rings. The van der Waals surface area contributed by atoms with Crippen molar-refractivity contribution in [2.24, 2.45) is 5.73 Å². The largest absolute Gasteiger partial charge is 0.388 e. The number of aromatic nitrogens is 1. The summed E-state index contributed by atoms with van der Waals surface area (Å²) in [6, 6.07) is 3.93. The lowest BCUT2D eigenvalue weighted by molar-refractivity contribution is 0.129. The van der Waals surface area contributed by atoms with E-state index in [1.807, 2.05) is 12.1 Å². The molecule has 2 N–H and O–H groups in total. The Morgan fingerprint density at radius 2 is 2.05 bits per heavy atom. The SMILES string of the molecule is COCCCN(CCOC)Cc1ccnc(C(N)=S)c1. The number of thiocarbonyl (C=S) groups is 1. The third-order valence-corrected chi connectivity index (χ3v) is 3.13. The van der Waals surface area contributed by atoms with Crippen molar-refractivity contribution in [1.82, 2.24) is 9.88 Å². The normalized spacial score (nSPS) is 10.9. The number of ether oxygens (including phenoxy) is 2. The molecule has 20 heavy (non-hydrogen) atoms. The molecular weight excluding hydrogens is 274 g/mol. The second kappa shape index (κ2) is 9.77.